The summed E-state index contributed by atoms with van der Waals surface area (Å²) in [6.45, 7) is 1.22. The lowest BCUT2D eigenvalue weighted by Gasteiger charge is -2.34. The Bertz CT molecular complexity index is 1270. The topological polar surface area (TPSA) is 91.8 Å². The van der Waals surface area contributed by atoms with Crippen molar-refractivity contribution >= 4 is 39.4 Å². The first-order chi connectivity index (χ1) is 16.5. The molecule has 3 aliphatic rings. The minimum absolute atomic E-state index is 0.159. The second kappa shape index (κ2) is 8.09. The molecule has 3 aliphatic heterocycles. The molecule has 1 N–H and O–H groups in total. The highest BCUT2D eigenvalue weighted by Crippen LogP contribution is 2.41. The van der Waals surface area contributed by atoms with Crippen molar-refractivity contribution in [2.24, 2.45) is 0 Å². The number of amides is 4. The lowest BCUT2D eigenvalue weighted by molar-refractivity contribution is -0.140. The number of aromatic nitrogens is 1. The zero-order valence-electron chi connectivity index (χ0n) is 18.5. The first kappa shape index (κ1) is 21.1. The molecule has 2 fully saturated rings. The van der Waals surface area contributed by atoms with Gasteiger partial charge >= 0.3 is 6.03 Å². The monoisotopic (exact) mass is 476 g/mol. The molecular weight excluding hydrogens is 452 g/mol. The molecule has 0 unspecified atom stereocenters. The summed E-state index contributed by atoms with van der Waals surface area (Å²) in [6.07, 6.45) is 2.16. The van der Waals surface area contributed by atoms with Gasteiger partial charge in [0.2, 0.25) is 5.91 Å². The van der Waals surface area contributed by atoms with E-state index in [9.17, 15) is 14.4 Å². The summed E-state index contributed by atoms with van der Waals surface area (Å²) < 4.78 is 6.82. The third-order valence-corrected chi connectivity index (χ3v) is 8.18. The van der Waals surface area contributed by atoms with Gasteiger partial charge in [-0.25, -0.2) is 9.78 Å². The number of hydrogen-bond donors (Lipinski definition) is 1. The van der Waals surface area contributed by atoms with Crippen LogP contribution in [0, 0.1) is 0 Å². The molecule has 3 aromatic rings. The molecule has 34 heavy (non-hydrogen) atoms. The second-order valence-electron chi connectivity index (χ2n) is 9.02. The minimum atomic E-state index is -1.17. The van der Waals surface area contributed by atoms with E-state index in [1.54, 1.807) is 28.4 Å². The quantitative estimate of drug-likeness (QED) is 0.586. The van der Waals surface area contributed by atoms with Crippen LogP contribution in [-0.2, 0) is 15.1 Å². The van der Waals surface area contributed by atoms with Crippen LogP contribution in [-0.4, -0.2) is 58.9 Å². The number of hydrogen-bond acceptors (Lipinski definition) is 6. The molecule has 8 nitrogen and oxygen atoms in total. The Morgan fingerprint density at radius 2 is 2.00 bits per heavy atom. The van der Waals surface area contributed by atoms with Gasteiger partial charge < -0.3 is 15.0 Å². The molecule has 9 heteroatoms. The Balaban J connectivity index is 1.19. The number of thiazole rings is 1. The van der Waals surface area contributed by atoms with Crippen molar-refractivity contribution in [1.29, 1.82) is 0 Å². The summed E-state index contributed by atoms with van der Waals surface area (Å²) in [5.74, 6) is 0.144. The van der Waals surface area contributed by atoms with Gasteiger partial charge in [0.1, 0.15) is 12.3 Å². The second-order valence-corrected chi connectivity index (χ2v) is 10.1. The molecule has 0 aliphatic carbocycles. The van der Waals surface area contributed by atoms with Crippen molar-refractivity contribution in [1.82, 2.24) is 20.1 Å². The zero-order valence-corrected chi connectivity index (χ0v) is 19.3. The van der Waals surface area contributed by atoms with Crippen LogP contribution in [0.3, 0.4) is 0 Å². The fraction of sp³-hybridized carbons (Fsp3) is 0.360. The number of carbonyl (C=O) groups is 3. The van der Waals surface area contributed by atoms with E-state index in [0.717, 1.165) is 33.0 Å². The maximum atomic E-state index is 13.5. The lowest BCUT2D eigenvalue weighted by atomic mass is 9.84. The van der Waals surface area contributed by atoms with E-state index in [-0.39, 0.29) is 24.3 Å². The van der Waals surface area contributed by atoms with Gasteiger partial charge in [-0.2, -0.15) is 0 Å². The molecule has 0 radical (unpaired) electrons. The van der Waals surface area contributed by atoms with Crippen LogP contribution in [0.4, 0.5) is 4.79 Å². The fourth-order valence-corrected chi connectivity index (χ4v) is 6.31. The average molecular weight is 477 g/mol. The van der Waals surface area contributed by atoms with Gasteiger partial charge in [0.15, 0.2) is 5.54 Å². The Hall–Kier alpha value is -3.46. The number of fused-ring (bicyclic) bond motifs is 3. The number of benzene rings is 2. The Morgan fingerprint density at radius 3 is 2.88 bits per heavy atom. The van der Waals surface area contributed by atoms with Crippen LogP contribution in [0.1, 0.15) is 35.8 Å². The highest BCUT2D eigenvalue weighted by atomic mass is 32.1. The zero-order chi connectivity index (χ0) is 23.3. The largest absolute Gasteiger partial charge is 0.493 e. The highest BCUT2D eigenvalue weighted by molar-refractivity contribution is 7.18. The Labute approximate surface area is 200 Å². The van der Waals surface area contributed by atoms with E-state index in [0.29, 0.717) is 37.4 Å². The maximum Gasteiger partial charge on any atom is 0.325 e. The van der Waals surface area contributed by atoms with Crippen LogP contribution in [0.15, 0.2) is 48.5 Å². The number of para-hydroxylation sites is 2. The van der Waals surface area contributed by atoms with Gasteiger partial charge in [-0.1, -0.05) is 30.3 Å². The third kappa shape index (κ3) is 3.34. The molecule has 2 atom stereocenters. The smallest absolute Gasteiger partial charge is 0.325 e. The molecule has 4 amide bonds. The number of nitrogens with one attached hydrogen (secondary N) is 1. The number of ether oxygens (including phenoxy) is 1. The normalized spacial score (nSPS) is 24.3. The highest BCUT2D eigenvalue weighted by Gasteiger charge is 2.55. The Morgan fingerprint density at radius 1 is 1.18 bits per heavy atom. The van der Waals surface area contributed by atoms with E-state index in [4.69, 9.17) is 9.72 Å². The van der Waals surface area contributed by atoms with Gasteiger partial charge in [0, 0.05) is 31.0 Å². The van der Waals surface area contributed by atoms with Gasteiger partial charge in [-0.3, -0.25) is 14.5 Å². The number of nitrogens with zero attached hydrogens (tertiary/aromatic N) is 3. The van der Waals surface area contributed by atoms with E-state index >= 15 is 0 Å². The van der Waals surface area contributed by atoms with Crippen LogP contribution in [0.25, 0.3) is 10.2 Å². The SMILES string of the molecule is O=C(CN1C(=O)N[C@]2(CCOc3ccccc32)C1=O)N1CCC[C@@H](c2nc3ccccc3s2)C1. The van der Waals surface area contributed by atoms with E-state index in [2.05, 4.69) is 11.4 Å². The first-order valence-electron chi connectivity index (χ1n) is 11.5. The van der Waals surface area contributed by atoms with Gasteiger partial charge in [0.05, 0.1) is 21.8 Å². The molecule has 2 saturated heterocycles. The maximum absolute atomic E-state index is 13.5. The fourth-order valence-electron chi connectivity index (χ4n) is 5.22. The third-order valence-electron chi connectivity index (χ3n) is 6.98. The van der Waals surface area contributed by atoms with Crippen LogP contribution < -0.4 is 10.1 Å². The molecule has 0 saturated carbocycles. The van der Waals surface area contributed by atoms with Crippen molar-refractivity contribution < 1.29 is 19.1 Å². The molecular formula is C25H24N4O4S. The molecule has 4 heterocycles. The van der Waals surface area contributed by atoms with Gasteiger partial charge in [-0.05, 0) is 31.0 Å². The summed E-state index contributed by atoms with van der Waals surface area (Å²) in [5, 5.41) is 3.90. The molecule has 2 aromatic carbocycles. The van der Waals surface area contributed by atoms with Crippen molar-refractivity contribution in [3.63, 3.8) is 0 Å². The number of urea groups is 1. The lowest BCUT2D eigenvalue weighted by Crippen LogP contribution is -2.49. The molecule has 0 bridgehead atoms. The standard InChI is InChI=1S/C25H24N4O4S/c30-21(28-12-5-6-16(14-28)22-26-18-8-2-4-10-20(18)34-22)15-29-23(31)25(27-24(29)32)11-13-33-19-9-3-1-7-17(19)25/h1-4,7-10,16H,5-6,11-15H2,(H,27,32)/t16-,25+/m1/s1. The van der Waals surface area contributed by atoms with Crippen LogP contribution in [0.5, 0.6) is 5.75 Å². The number of carbonyl (C=O) groups excluding carboxylic acids is 3. The summed E-state index contributed by atoms with van der Waals surface area (Å²) in [7, 11) is 0. The van der Waals surface area contributed by atoms with Gasteiger partial charge in [0.25, 0.3) is 5.91 Å². The van der Waals surface area contributed by atoms with Crippen LogP contribution in [0.2, 0.25) is 0 Å². The average Bonchev–Trinajstić information content (AvgIpc) is 3.40. The molecule has 174 valence electrons. The Kier molecular flexibility index (Phi) is 5.02. The van der Waals surface area contributed by atoms with E-state index < -0.39 is 11.6 Å². The van der Waals surface area contributed by atoms with Crippen molar-refractivity contribution in [3.05, 3.63) is 59.1 Å². The summed E-state index contributed by atoms with van der Waals surface area (Å²) in [4.78, 5) is 47.1. The minimum Gasteiger partial charge on any atom is -0.493 e. The summed E-state index contributed by atoms with van der Waals surface area (Å²) >= 11 is 1.67. The molecule has 1 aromatic heterocycles. The number of likely N-dealkylation sites (tertiary alicyclic amines) is 1. The number of imide groups is 1. The molecule has 6 rings (SSSR count). The predicted octanol–water partition coefficient (Wildman–Crippen LogP) is 3.23. The van der Waals surface area contributed by atoms with Crippen molar-refractivity contribution in [3.8, 4) is 5.75 Å². The van der Waals surface area contributed by atoms with Gasteiger partial charge in [-0.15, -0.1) is 11.3 Å². The van der Waals surface area contributed by atoms with E-state index in [1.807, 2.05) is 30.3 Å². The van der Waals surface area contributed by atoms with Crippen molar-refractivity contribution in [2.45, 2.75) is 30.7 Å². The van der Waals surface area contributed by atoms with Crippen LogP contribution >= 0.6 is 11.3 Å². The van der Waals surface area contributed by atoms with Crippen molar-refractivity contribution in [2.75, 3.05) is 26.2 Å². The summed E-state index contributed by atoms with van der Waals surface area (Å²) in [5.41, 5.74) is 0.452. The first-order valence-corrected chi connectivity index (χ1v) is 12.4. The number of rotatable bonds is 3. The summed E-state index contributed by atoms with van der Waals surface area (Å²) in [6, 6.07) is 14.7. The van der Waals surface area contributed by atoms with E-state index in [1.165, 1.54) is 0 Å². The number of piperidine rings is 1. The molecule has 1 spiro atoms. The predicted molar refractivity (Wildman–Crippen MR) is 127 cm³/mol.